The van der Waals surface area contributed by atoms with Crippen molar-refractivity contribution in [1.82, 2.24) is 5.43 Å². The van der Waals surface area contributed by atoms with E-state index in [2.05, 4.69) is 10.5 Å². The van der Waals surface area contributed by atoms with E-state index in [0.29, 0.717) is 28.6 Å². The zero-order valence-corrected chi connectivity index (χ0v) is 24.2. The van der Waals surface area contributed by atoms with Crippen molar-refractivity contribution in [2.75, 3.05) is 7.11 Å². The average Bonchev–Trinajstić information content (AvgIpc) is 3.07. The third kappa shape index (κ3) is 8.17. The molecule has 0 fully saturated rings. The van der Waals surface area contributed by atoms with Crippen LogP contribution in [0.25, 0.3) is 0 Å². The predicted octanol–water partition coefficient (Wildman–Crippen LogP) is 6.90. The third-order valence-corrected chi connectivity index (χ3v) is 6.57. The second-order valence-corrected chi connectivity index (χ2v) is 9.75. The van der Waals surface area contributed by atoms with Crippen LogP contribution in [0.1, 0.15) is 32.6 Å². The Labute approximate surface area is 256 Å². The second-order valence-electron chi connectivity index (χ2n) is 9.75. The SMILES string of the molecule is COc1cc(/C=N\NC(=O)c2cc(OCc3ccccc3)c(OCc3ccccc3)c(OCc3ccccc3)c2)ccc1O. The van der Waals surface area contributed by atoms with Crippen LogP contribution in [-0.2, 0) is 19.8 Å². The smallest absolute Gasteiger partial charge is 0.271 e. The molecule has 8 nitrogen and oxygen atoms in total. The van der Waals surface area contributed by atoms with Crippen LogP contribution in [0.15, 0.2) is 126 Å². The number of nitrogens with zero attached hydrogens (tertiary/aromatic N) is 1. The number of rotatable bonds is 13. The van der Waals surface area contributed by atoms with E-state index in [1.54, 1.807) is 24.3 Å². The maximum Gasteiger partial charge on any atom is 0.271 e. The molecule has 1 amide bonds. The van der Waals surface area contributed by atoms with Crippen LogP contribution in [0.2, 0.25) is 0 Å². The predicted molar refractivity (Wildman–Crippen MR) is 168 cm³/mol. The van der Waals surface area contributed by atoms with Gasteiger partial charge in [-0.15, -0.1) is 0 Å². The van der Waals surface area contributed by atoms with E-state index >= 15 is 0 Å². The fourth-order valence-electron chi connectivity index (χ4n) is 4.27. The van der Waals surface area contributed by atoms with E-state index in [0.717, 1.165) is 16.7 Å². The number of methoxy groups -OCH3 is 1. The summed E-state index contributed by atoms with van der Waals surface area (Å²) in [5.74, 6) is 0.925. The number of hydrogen-bond donors (Lipinski definition) is 2. The number of phenols is 1. The second kappa shape index (κ2) is 14.9. The van der Waals surface area contributed by atoms with Crippen LogP contribution < -0.4 is 24.4 Å². The van der Waals surface area contributed by atoms with E-state index in [1.807, 2.05) is 91.0 Å². The first-order valence-corrected chi connectivity index (χ1v) is 14.0. The molecular weight excluding hydrogens is 556 g/mol. The molecule has 44 heavy (non-hydrogen) atoms. The third-order valence-electron chi connectivity index (χ3n) is 6.57. The quantitative estimate of drug-likeness (QED) is 0.115. The van der Waals surface area contributed by atoms with Crippen molar-refractivity contribution in [1.29, 1.82) is 0 Å². The highest BCUT2D eigenvalue weighted by Crippen LogP contribution is 2.40. The summed E-state index contributed by atoms with van der Waals surface area (Å²) in [7, 11) is 1.46. The number of carbonyl (C=O) groups is 1. The van der Waals surface area contributed by atoms with Gasteiger partial charge in [-0.25, -0.2) is 5.43 Å². The zero-order chi connectivity index (χ0) is 30.6. The summed E-state index contributed by atoms with van der Waals surface area (Å²) < 4.78 is 23.9. The summed E-state index contributed by atoms with van der Waals surface area (Å²) >= 11 is 0. The maximum atomic E-state index is 13.3. The van der Waals surface area contributed by atoms with Crippen molar-refractivity contribution < 1.29 is 28.8 Å². The van der Waals surface area contributed by atoms with Gasteiger partial charge in [-0.05, 0) is 52.6 Å². The van der Waals surface area contributed by atoms with Gasteiger partial charge in [0.25, 0.3) is 5.91 Å². The summed E-state index contributed by atoms with van der Waals surface area (Å²) in [6, 6.07) is 37.2. The Morgan fingerprint density at radius 3 is 1.68 bits per heavy atom. The van der Waals surface area contributed by atoms with Gasteiger partial charge in [0.2, 0.25) is 5.75 Å². The molecule has 5 rings (SSSR count). The molecule has 0 aliphatic heterocycles. The molecule has 0 bridgehead atoms. The molecule has 222 valence electrons. The molecule has 5 aromatic rings. The van der Waals surface area contributed by atoms with Gasteiger partial charge >= 0.3 is 0 Å². The van der Waals surface area contributed by atoms with Gasteiger partial charge in [0.15, 0.2) is 23.0 Å². The van der Waals surface area contributed by atoms with Gasteiger partial charge in [-0.2, -0.15) is 5.10 Å². The van der Waals surface area contributed by atoms with Crippen LogP contribution in [-0.4, -0.2) is 24.3 Å². The van der Waals surface area contributed by atoms with Gasteiger partial charge in [0.1, 0.15) is 19.8 Å². The lowest BCUT2D eigenvalue weighted by atomic mass is 10.1. The topological polar surface area (TPSA) is 98.6 Å². The Balaban J connectivity index is 1.45. The molecule has 0 radical (unpaired) electrons. The first kappa shape index (κ1) is 29.7. The van der Waals surface area contributed by atoms with Crippen molar-refractivity contribution in [3.63, 3.8) is 0 Å². The van der Waals surface area contributed by atoms with Gasteiger partial charge in [-0.1, -0.05) is 91.0 Å². The number of aromatic hydroxyl groups is 1. The molecule has 0 heterocycles. The van der Waals surface area contributed by atoms with Gasteiger partial charge in [-0.3, -0.25) is 4.79 Å². The first-order valence-electron chi connectivity index (χ1n) is 14.0. The fraction of sp³-hybridized carbons (Fsp3) is 0.111. The highest BCUT2D eigenvalue weighted by molar-refractivity contribution is 5.96. The molecule has 0 saturated carbocycles. The van der Waals surface area contributed by atoms with Crippen LogP contribution in [0.5, 0.6) is 28.7 Å². The van der Waals surface area contributed by atoms with Crippen molar-refractivity contribution >= 4 is 12.1 Å². The molecule has 0 aliphatic rings. The van der Waals surface area contributed by atoms with E-state index in [9.17, 15) is 9.90 Å². The van der Waals surface area contributed by atoms with Crippen LogP contribution in [0.4, 0.5) is 0 Å². The van der Waals surface area contributed by atoms with E-state index in [-0.39, 0.29) is 31.1 Å². The first-order chi connectivity index (χ1) is 21.6. The summed E-state index contributed by atoms with van der Waals surface area (Å²) in [6.07, 6.45) is 1.46. The standard InChI is InChI=1S/C36H32N2O6/c1-41-32-19-29(17-18-31(32)39)22-37-38-36(40)30-20-33(42-23-26-11-5-2-6-12-26)35(44-25-28-15-9-4-10-16-28)34(21-30)43-24-27-13-7-3-8-14-27/h2-22,39H,23-25H2,1H3,(H,38,40)/b37-22-. The number of carbonyl (C=O) groups excluding carboxylic acids is 1. The number of phenolic OH excluding ortho intramolecular Hbond substituents is 1. The van der Waals surface area contributed by atoms with Gasteiger partial charge in [0.05, 0.1) is 13.3 Å². The normalized spacial score (nSPS) is 10.8. The monoisotopic (exact) mass is 588 g/mol. The minimum Gasteiger partial charge on any atom is -0.504 e. The summed E-state index contributed by atoms with van der Waals surface area (Å²) in [5.41, 5.74) is 6.33. The molecule has 8 heteroatoms. The molecule has 0 aliphatic carbocycles. The molecule has 0 spiro atoms. The molecule has 5 aromatic carbocycles. The van der Waals surface area contributed by atoms with Crippen molar-refractivity contribution in [2.24, 2.45) is 5.10 Å². The minimum absolute atomic E-state index is 0.00863. The molecule has 0 atom stereocenters. The number of hydrazone groups is 1. The number of amides is 1. The van der Waals surface area contributed by atoms with Crippen molar-refractivity contribution in [3.05, 3.63) is 149 Å². The molecule has 0 unspecified atom stereocenters. The van der Waals surface area contributed by atoms with Gasteiger partial charge in [0, 0.05) is 5.56 Å². The highest BCUT2D eigenvalue weighted by atomic mass is 16.5. The van der Waals surface area contributed by atoms with Crippen molar-refractivity contribution in [2.45, 2.75) is 19.8 Å². The fourth-order valence-corrected chi connectivity index (χ4v) is 4.27. The Morgan fingerprint density at radius 1 is 0.682 bits per heavy atom. The summed E-state index contributed by atoms with van der Waals surface area (Å²) in [5, 5.41) is 13.9. The summed E-state index contributed by atoms with van der Waals surface area (Å²) in [6.45, 7) is 0.787. The number of ether oxygens (including phenoxy) is 4. The van der Waals surface area contributed by atoms with Crippen LogP contribution in [0.3, 0.4) is 0 Å². The van der Waals surface area contributed by atoms with Gasteiger partial charge < -0.3 is 24.1 Å². The highest BCUT2D eigenvalue weighted by Gasteiger charge is 2.20. The Hall–Kier alpha value is -5.76. The van der Waals surface area contributed by atoms with Crippen LogP contribution in [0, 0.1) is 0 Å². The Bertz CT molecular complexity index is 1630. The largest absolute Gasteiger partial charge is 0.504 e. The van der Waals surface area contributed by atoms with E-state index in [1.165, 1.54) is 19.4 Å². The average molecular weight is 589 g/mol. The summed E-state index contributed by atoms with van der Waals surface area (Å²) in [4.78, 5) is 13.3. The molecule has 0 saturated heterocycles. The maximum absolute atomic E-state index is 13.3. The Kier molecular flexibility index (Phi) is 10.1. The lowest BCUT2D eigenvalue weighted by Crippen LogP contribution is -2.18. The number of nitrogens with one attached hydrogen (secondary N) is 1. The molecule has 0 aromatic heterocycles. The zero-order valence-electron chi connectivity index (χ0n) is 24.2. The Morgan fingerprint density at radius 2 is 1.18 bits per heavy atom. The van der Waals surface area contributed by atoms with E-state index < -0.39 is 5.91 Å². The molecule has 2 N–H and O–H groups in total. The molecular formula is C36H32N2O6. The number of hydrogen-bond acceptors (Lipinski definition) is 7. The number of benzene rings is 5. The lowest BCUT2D eigenvalue weighted by molar-refractivity contribution is 0.0953. The van der Waals surface area contributed by atoms with Crippen molar-refractivity contribution in [3.8, 4) is 28.7 Å². The van der Waals surface area contributed by atoms with E-state index in [4.69, 9.17) is 18.9 Å². The van der Waals surface area contributed by atoms with Crippen LogP contribution >= 0.6 is 0 Å². The minimum atomic E-state index is -0.476. The lowest BCUT2D eigenvalue weighted by Gasteiger charge is -2.19.